The molecule has 0 spiro atoms. The maximum absolute atomic E-state index is 13.1. The first-order valence-corrected chi connectivity index (χ1v) is 9.47. The van der Waals surface area contributed by atoms with Crippen LogP contribution < -0.4 is 5.32 Å². The summed E-state index contributed by atoms with van der Waals surface area (Å²) in [6, 6.07) is 15.9. The fraction of sp³-hybridized carbons (Fsp3) is 0.273. The van der Waals surface area contributed by atoms with Gasteiger partial charge in [0.05, 0.1) is 17.9 Å². The third kappa shape index (κ3) is 4.76. The van der Waals surface area contributed by atoms with E-state index in [0.717, 1.165) is 16.8 Å². The Morgan fingerprint density at radius 2 is 1.89 bits per heavy atom. The Hall–Kier alpha value is -3.15. The Morgan fingerprint density at radius 1 is 1.18 bits per heavy atom. The molecule has 6 heteroatoms. The van der Waals surface area contributed by atoms with Crippen LogP contribution in [0.3, 0.4) is 0 Å². The number of halogens is 1. The molecule has 3 rings (SSSR count). The first-order valence-electron chi connectivity index (χ1n) is 9.47. The van der Waals surface area contributed by atoms with Gasteiger partial charge in [-0.1, -0.05) is 30.3 Å². The first-order chi connectivity index (χ1) is 13.6. The highest BCUT2D eigenvalue weighted by atomic mass is 19.1. The molecule has 0 aliphatic heterocycles. The van der Waals surface area contributed by atoms with Gasteiger partial charge in [0.15, 0.2) is 0 Å². The van der Waals surface area contributed by atoms with Gasteiger partial charge in [-0.3, -0.25) is 0 Å². The Balaban J connectivity index is 1.54. The number of hydrogen-bond donors (Lipinski definition) is 1. The molecule has 0 fully saturated rings. The highest BCUT2D eigenvalue weighted by Gasteiger charge is 2.19. The van der Waals surface area contributed by atoms with Gasteiger partial charge >= 0.3 is 6.03 Å². The van der Waals surface area contributed by atoms with E-state index in [1.54, 1.807) is 17.0 Å². The largest absolute Gasteiger partial charge is 0.338 e. The van der Waals surface area contributed by atoms with E-state index in [0.29, 0.717) is 19.5 Å². The third-order valence-electron chi connectivity index (χ3n) is 4.77. The fourth-order valence-corrected chi connectivity index (χ4v) is 3.14. The predicted octanol–water partition coefficient (Wildman–Crippen LogP) is 4.35. The number of amides is 2. The Labute approximate surface area is 164 Å². The lowest BCUT2D eigenvalue weighted by Crippen LogP contribution is -2.42. The van der Waals surface area contributed by atoms with E-state index < -0.39 is 0 Å². The van der Waals surface area contributed by atoms with Gasteiger partial charge in [0.2, 0.25) is 0 Å². The molecule has 1 atom stereocenters. The average Bonchev–Trinajstić information content (AvgIpc) is 3.18. The van der Waals surface area contributed by atoms with Crippen LogP contribution in [-0.4, -0.2) is 33.8 Å². The average molecular weight is 380 g/mol. The maximum atomic E-state index is 13.1. The second kappa shape index (κ2) is 9.17. The number of nitrogens with zero attached hydrogens (tertiary/aromatic N) is 3. The minimum Gasteiger partial charge on any atom is -0.338 e. The summed E-state index contributed by atoms with van der Waals surface area (Å²) in [7, 11) is 0. The first kappa shape index (κ1) is 19.6. The van der Waals surface area contributed by atoms with Crippen LogP contribution in [0.4, 0.5) is 9.18 Å². The zero-order valence-electron chi connectivity index (χ0n) is 16.2. The van der Waals surface area contributed by atoms with E-state index >= 15 is 0 Å². The molecule has 1 N–H and O–H groups in total. The molecular formula is C22H25FN4O. The number of rotatable bonds is 7. The second-order valence-corrected chi connectivity index (χ2v) is 6.62. The molecule has 0 saturated heterocycles. The number of carbonyl (C=O) groups excluding carboxylic acids is 1. The van der Waals surface area contributed by atoms with Gasteiger partial charge in [0.25, 0.3) is 0 Å². The van der Waals surface area contributed by atoms with Crippen LogP contribution in [0.15, 0.2) is 67.0 Å². The molecular weight excluding hydrogens is 355 g/mol. The molecule has 0 aliphatic rings. The molecule has 146 valence electrons. The van der Waals surface area contributed by atoms with Crippen molar-refractivity contribution < 1.29 is 9.18 Å². The van der Waals surface area contributed by atoms with Crippen molar-refractivity contribution in [1.82, 2.24) is 20.0 Å². The molecule has 28 heavy (non-hydrogen) atoms. The fourth-order valence-electron chi connectivity index (χ4n) is 3.14. The second-order valence-electron chi connectivity index (χ2n) is 6.62. The number of para-hydroxylation sites is 1. The number of benzene rings is 2. The standard InChI is InChI=1S/C22H25FN4O/c1-3-26(17(2)19-9-11-20(23)12-10-19)22(28)24-14-13-18-15-25-27(16-18)21-7-5-4-6-8-21/h4-12,15-17H,3,13-14H2,1-2H3,(H,24,28). The predicted molar refractivity (Wildman–Crippen MR) is 108 cm³/mol. The number of nitrogens with one attached hydrogen (secondary N) is 1. The topological polar surface area (TPSA) is 50.2 Å². The van der Waals surface area contributed by atoms with E-state index in [4.69, 9.17) is 0 Å². The van der Waals surface area contributed by atoms with Crippen molar-refractivity contribution in [1.29, 1.82) is 0 Å². The summed E-state index contributed by atoms with van der Waals surface area (Å²) in [5.74, 6) is -0.278. The van der Waals surface area contributed by atoms with Gasteiger partial charge in [0.1, 0.15) is 5.82 Å². The summed E-state index contributed by atoms with van der Waals surface area (Å²) in [6.07, 6.45) is 4.49. The van der Waals surface area contributed by atoms with Gasteiger partial charge in [0, 0.05) is 19.3 Å². The quantitative estimate of drug-likeness (QED) is 0.663. The molecule has 0 aliphatic carbocycles. The van der Waals surface area contributed by atoms with Gasteiger partial charge in [-0.2, -0.15) is 5.10 Å². The summed E-state index contributed by atoms with van der Waals surface area (Å²) < 4.78 is 15.0. The molecule has 1 unspecified atom stereocenters. The van der Waals surface area contributed by atoms with Gasteiger partial charge in [-0.05, 0) is 55.7 Å². The number of urea groups is 1. The van der Waals surface area contributed by atoms with Gasteiger partial charge in [-0.15, -0.1) is 0 Å². The van der Waals surface area contributed by atoms with Crippen molar-refractivity contribution in [2.24, 2.45) is 0 Å². The minimum atomic E-state index is -0.278. The van der Waals surface area contributed by atoms with Crippen molar-refractivity contribution in [3.05, 3.63) is 83.9 Å². The van der Waals surface area contributed by atoms with Crippen LogP contribution in [0.1, 0.15) is 31.0 Å². The van der Waals surface area contributed by atoms with Crippen LogP contribution in [0, 0.1) is 5.82 Å². The number of aromatic nitrogens is 2. The Bertz CT molecular complexity index is 892. The molecule has 1 heterocycles. The van der Waals surface area contributed by atoms with Crippen molar-refractivity contribution in [2.45, 2.75) is 26.3 Å². The van der Waals surface area contributed by atoms with Crippen molar-refractivity contribution in [2.75, 3.05) is 13.1 Å². The van der Waals surface area contributed by atoms with E-state index in [2.05, 4.69) is 10.4 Å². The molecule has 0 saturated carbocycles. The van der Waals surface area contributed by atoms with E-state index in [-0.39, 0.29) is 17.9 Å². The van der Waals surface area contributed by atoms with Crippen LogP contribution in [0.5, 0.6) is 0 Å². The summed E-state index contributed by atoms with van der Waals surface area (Å²) in [5, 5.41) is 7.34. The normalized spacial score (nSPS) is 11.8. The molecule has 2 amide bonds. The van der Waals surface area contributed by atoms with E-state index in [9.17, 15) is 9.18 Å². The summed E-state index contributed by atoms with van der Waals surface area (Å²) in [5.41, 5.74) is 2.96. The smallest absolute Gasteiger partial charge is 0.317 e. The van der Waals surface area contributed by atoms with Crippen molar-refractivity contribution >= 4 is 6.03 Å². The summed E-state index contributed by atoms with van der Waals surface area (Å²) >= 11 is 0. The maximum Gasteiger partial charge on any atom is 0.317 e. The molecule has 1 aromatic heterocycles. The molecule has 5 nitrogen and oxygen atoms in total. The molecule has 0 radical (unpaired) electrons. The Kier molecular flexibility index (Phi) is 6.42. The number of hydrogen-bond acceptors (Lipinski definition) is 2. The number of carbonyl (C=O) groups is 1. The van der Waals surface area contributed by atoms with E-state index in [1.807, 2.05) is 61.3 Å². The van der Waals surface area contributed by atoms with Crippen LogP contribution in [-0.2, 0) is 6.42 Å². The minimum absolute atomic E-state index is 0.130. The summed E-state index contributed by atoms with van der Waals surface area (Å²) in [6.45, 7) is 4.96. The van der Waals surface area contributed by atoms with Gasteiger partial charge < -0.3 is 10.2 Å². The zero-order chi connectivity index (χ0) is 19.9. The highest BCUT2D eigenvalue weighted by Crippen LogP contribution is 2.20. The lowest BCUT2D eigenvalue weighted by molar-refractivity contribution is 0.183. The zero-order valence-corrected chi connectivity index (χ0v) is 16.2. The molecule has 2 aromatic carbocycles. The van der Waals surface area contributed by atoms with E-state index in [1.165, 1.54) is 12.1 Å². The van der Waals surface area contributed by atoms with Crippen molar-refractivity contribution in [3.63, 3.8) is 0 Å². The summed E-state index contributed by atoms with van der Waals surface area (Å²) in [4.78, 5) is 14.3. The highest BCUT2D eigenvalue weighted by molar-refractivity contribution is 5.74. The SMILES string of the molecule is CCN(C(=O)NCCc1cnn(-c2ccccc2)c1)C(C)c1ccc(F)cc1. The third-order valence-corrected chi connectivity index (χ3v) is 4.77. The Morgan fingerprint density at radius 3 is 2.57 bits per heavy atom. The van der Waals surface area contributed by atoms with Gasteiger partial charge in [-0.25, -0.2) is 13.9 Å². The molecule has 3 aromatic rings. The van der Waals surface area contributed by atoms with Crippen LogP contribution >= 0.6 is 0 Å². The monoisotopic (exact) mass is 380 g/mol. The lowest BCUT2D eigenvalue weighted by Gasteiger charge is -2.28. The van der Waals surface area contributed by atoms with Crippen LogP contribution in [0.2, 0.25) is 0 Å². The van der Waals surface area contributed by atoms with Crippen molar-refractivity contribution in [3.8, 4) is 5.69 Å². The lowest BCUT2D eigenvalue weighted by atomic mass is 10.1. The molecule has 0 bridgehead atoms. The van der Waals surface area contributed by atoms with Crippen LogP contribution in [0.25, 0.3) is 5.69 Å².